The Morgan fingerprint density at radius 1 is 1.50 bits per heavy atom. The van der Waals surface area contributed by atoms with Crippen LogP contribution in [-0.4, -0.2) is 41.2 Å². The van der Waals surface area contributed by atoms with Gasteiger partial charge in [-0.1, -0.05) is 12.1 Å². The van der Waals surface area contributed by atoms with E-state index in [1.165, 1.54) is 6.92 Å². The van der Waals surface area contributed by atoms with E-state index in [9.17, 15) is 14.8 Å². The molecule has 0 aliphatic rings. The molecule has 0 spiro atoms. The highest BCUT2D eigenvalue weighted by molar-refractivity contribution is 5.65. The van der Waals surface area contributed by atoms with Gasteiger partial charge in [0.15, 0.2) is 0 Å². The summed E-state index contributed by atoms with van der Waals surface area (Å²) >= 11 is 0. The summed E-state index contributed by atoms with van der Waals surface area (Å²) in [6.45, 7) is 2.85. The Hall–Kier alpha value is -1.05. The molecule has 94 valence electrons. The Morgan fingerprint density at radius 2 is 2.06 bits per heavy atom. The smallest absolute Gasteiger partial charge is 0.302 e. The molecular formula is C9H18N2O5. The van der Waals surface area contributed by atoms with E-state index in [0.29, 0.717) is 0 Å². The summed E-state index contributed by atoms with van der Waals surface area (Å²) < 4.78 is 4.70. The third-order valence-corrected chi connectivity index (χ3v) is 2.13. The highest BCUT2D eigenvalue weighted by Crippen LogP contribution is 2.15. The summed E-state index contributed by atoms with van der Waals surface area (Å²) in [6, 6.07) is -0.961. The van der Waals surface area contributed by atoms with Gasteiger partial charge in [-0.2, -0.15) is 4.91 Å². The minimum absolute atomic E-state index is 0.0104. The standard InChI is InChI=1S/C9H18N2O5/c1-5(4-16-6(2)12)9(11-15)7(13)3-8(10)14/h5,7-9,13-14H,3-4,10H2,1-2H3. The Kier molecular flexibility index (Phi) is 6.78. The average Bonchev–Trinajstić information content (AvgIpc) is 2.14. The van der Waals surface area contributed by atoms with Gasteiger partial charge in [0.1, 0.15) is 12.3 Å². The van der Waals surface area contributed by atoms with Crippen molar-refractivity contribution in [2.75, 3.05) is 6.61 Å². The second-order valence-electron chi connectivity index (χ2n) is 3.75. The predicted molar refractivity (Wildman–Crippen MR) is 56.2 cm³/mol. The van der Waals surface area contributed by atoms with Crippen LogP contribution < -0.4 is 5.73 Å². The van der Waals surface area contributed by atoms with Crippen LogP contribution in [0.5, 0.6) is 0 Å². The van der Waals surface area contributed by atoms with Crippen molar-refractivity contribution >= 4 is 5.97 Å². The van der Waals surface area contributed by atoms with Gasteiger partial charge in [-0.3, -0.25) is 4.79 Å². The van der Waals surface area contributed by atoms with E-state index in [2.05, 4.69) is 5.18 Å². The van der Waals surface area contributed by atoms with E-state index in [0.717, 1.165) is 0 Å². The molecule has 16 heavy (non-hydrogen) atoms. The Balaban J connectivity index is 4.24. The van der Waals surface area contributed by atoms with E-state index in [1.807, 2.05) is 0 Å². The fourth-order valence-corrected chi connectivity index (χ4v) is 1.29. The summed E-state index contributed by atoms with van der Waals surface area (Å²) in [5, 5.41) is 21.2. The molecule has 0 aromatic rings. The molecule has 7 nitrogen and oxygen atoms in total. The van der Waals surface area contributed by atoms with E-state index in [1.54, 1.807) is 6.92 Å². The van der Waals surface area contributed by atoms with E-state index in [-0.39, 0.29) is 13.0 Å². The van der Waals surface area contributed by atoms with Crippen molar-refractivity contribution in [1.29, 1.82) is 0 Å². The molecular weight excluding hydrogens is 216 g/mol. The summed E-state index contributed by atoms with van der Waals surface area (Å²) in [5.41, 5.74) is 5.07. The summed E-state index contributed by atoms with van der Waals surface area (Å²) in [4.78, 5) is 21.1. The molecule has 0 saturated carbocycles. The van der Waals surface area contributed by atoms with Crippen LogP contribution in [0.3, 0.4) is 0 Å². The molecule has 0 aromatic heterocycles. The van der Waals surface area contributed by atoms with Crippen LogP contribution in [0.1, 0.15) is 20.3 Å². The lowest BCUT2D eigenvalue weighted by molar-refractivity contribution is -0.142. The normalized spacial score (nSPS) is 18.3. The lowest BCUT2D eigenvalue weighted by Gasteiger charge is -2.22. The lowest BCUT2D eigenvalue weighted by Crippen LogP contribution is -2.37. The molecule has 7 heteroatoms. The van der Waals surface area contributed by atoms with E-state index < -0.39 is 30.3 Å². The van der Waals surface area contributed by atoms with Gasteiger partial charge in [-0.25, -0.2) is 0 Å². The first kappa shape index (κ1) is 14.9. The number of hydrogen-bond donors (Lipinski definition) is 3. The maximum atomic E-state index is 10.6. The molecule has 0 amide bonds. The number of nitrogens with zero attached hydrogens (tertiary/aromatic N) is 1. The summed E-state index contributed by atoms with van der Waals surface area (Å²) in [7, 11) is 0. The summed E-state index contributed by atoms with van der Waals surface area (Å²) in [5.74, 6) is -0.903. The van der Waals surface area contributed by atoms with Crippen LogP contribution in [0.15, 0.2) is 5.18 Å². The van der Waals surface area contributed by atoms with Crippen LogP contribution in [0.4, 0.5) is 0 Å². The van der Waals surface area contributed by atoms with Crippen molar-refractivity contribution < 1.29 is 19.7 Å². The van der Waals surface area contributed by atoms with Crippen molar-refractivity contribution in [3.05, 3.63) is 4.91 Å². The van der Waals surface area contributed by atoms with Crippen LogP contribution >= 0.6 is 0 Å². The Morgan fingerprint density at radius 3 is 2.44 bits per heavy atom. The summed E-state index contributed by atoms with van der Waals surface area (Å²) in [6.07, 6.45) is -2.51. The molecule has 0 aliphatic carbocycles. The van der Waals surface area contributed by atoms with Crippen LogP contribution in [0.2, 0.25) is 0 Å². The van der Waals surface area contributed by atoms with Gasteiger partial charge in [-0.15, -0.1) is 0 Å². The average molecular weight is 234 g/mol. The van der Waals surface area contributed by atoms with Gasteiger partial charge in [-0.05, 0) is 0 Å². The first-order valence-corrected chi connectivity index (χ1v) is 4.96. The number of rotatable bonds is 7. The van der Waals surface area contributed by atoms with Crippen molar-refractivity contribution in [3.63, 3.8) is 0 Å². The second-order valence-corrected chi connectivity index (χ2v) is 3.75. The van der Waals surface area contributed by atoms with Gasteiger partial charge < -0.3 is 20.7 Å². The topological polar surface area (TPSA) is 122 Å². The molecule has 0 radical (unpaired) electrons. The molecule has 0 aromatic carbocycles. The fraction of sp³-hybridized carbons (Fsp3) is 0.889. The Bertz CT molecular complexity index is 234. The third-order valence-electron chi connectivity index (χ3n) is 2.13. The number of hydrogen-bond acceptors (Lipinski definition) is 7. The van der Waals surface area contributed by atoms with Gasteiger partial charge in [0.05, 0.1) is 12.7 Å². The van der Waals surface area contributed by atoms with Crippen molar-refractivity contribution in [3.8, 4) is 0 Å². The van der Waals surface area contributed by atoms with Crippen molar-refractivity contribution in [1.82, 2.24) is 0 Å². The number of nitroso groups, excluding NO2 is 1. The lowest BCUT2D eigenvalue weighted by atomic mass is 9.96. The van der Waals surface area contributed by atoms with Gasteiger partial charge in [0.25, 0.3) is 0 Å². The van der Waals surface area contributed by atoms with E-state index in [4.69, 9.17) is 15.6 Å². The quantitative estimate of drug-likeness (QED) is 0.305. The number of nitrogens with two attached hydrogens (primary N) is 1. The van der Waals surface area contributed by atoms with Crippen LogP contribution in [0.25, 0.3) is 0 Å². The zero-order valence-electron chi connectivity index (χ0n) is 9.37. The van der Waals surface area contributed by atoms with Gasteiger partial charge in [0, 0.05) is 19.3 Å². The van der Waals surface area contributed by atoms with Crippen LogP contribution in [0, 0.1) is 10.8 Å². The molecule has 0 fully saturated rings. The largest absolute Gasteiger partial charge is 0.466 e. The molecule has 0 rings (SSSR count). The number of aliphatic hydroxyl groups is 2. The van der Waals surface area contributed by atoms with E-state index >= 15 is 0 Å². The zero-order valence-corrected chi connectivity index (χ0v) is 9.37. The number of carbonyl (C=O) groups is 1. The minimum Gasteiger partial charge on any atom is -0.466 e. The number of esters is 1. The zero-order chi connectivity index (χ0) is 12.7. The van der Waals surface area contributed by atoms with Crippen LogP contribution in [-0.2, 0) is 9.53 Å². The molecule has 4 atom stereocenters. The number of ether oxygens (including phenoxy) is 1. The molecule has 0 bridgehead atoms. The number of aliphatic hydroxyl groups excluding tert-OH is 2. The first-order chi connectivity index (χ1) is 7.38. The second kappa shape index (κ2) is 7.26. The molecule has 4 unspecified atom stereocenters. The maximum Gasteiger partial charge on any atom is 0.302 e. The van der Waals surface area contributed by atoms with Crippen molar-refractivity contribution in [2.24, 2.45) is 16.8 Å². The molecule has 0 saturated heterocycles. The molecule has 4 N–H and O–H groups in total. The minimum atomic E-state index is -1.21. The van der Waals surface area contributed by atoms with Crippen molar-refractivity contribution in [2.45, 2.75) is 38.6 Å². The highest BCUT2D eigenvalue weighted by atomic mass is 16.5. The highest BCUT2D eigenvalue weighted by Gasteiger charge is 2.28. The molecule has 0 heterocycles. The monoisotopic (exact) mass is 234 g/mol. The third kappa shape index (κ3) is 5.74. The SMILES string of the molecule is CC(=O)OCC(C)C(N=O)C(O)CC(N)O. The Labute approximate surface area is 93.6 Å². The molecule has 0 aliphatic heterocycles. The first-order valence-electron chi connectivity index (χ1n) is 4.96. The maximum absolute atomic E-state index is 10.6. The number of carbonyl (C=O) groups excluding carboxylic acids is 1. The van der Waals surface area contributed by atoms with Gasteiger partial charge >= 0.3 is 5.97 Å². The predicted octanol–water partition coefficient (Wildman–Crippen LogP) is -0.651. The fourth-order valence-electron chi connectivity index (χ4n) is 1.29. The van der Waals surface area contributed by atoms with Gasteiger partial charge in [0.2, 0.25) is 0 Å².